The Morgan fingerprint density at radius 1 is 1.23 bits per heavy atom. The molecular formula is C23H33N5O2. The smallest absolute Gasteiger partial charge is 0.224 e. The molecule has 2 aromatic rings. The summed E-state index contributed by atoms with van der Waals surface area (Å²) in [5.41, 5.74) is 2.10. The van der Waals surface area contributed by atoms with Crippen LogP contribution in [-0.2, 0) is 4.79 Å². The number of nitrogens with one attached hydrogen (secondary N) is 2. The van der Waals surface area contributed by atoms with E-state index in [0.29, 0.717) is 12.0 Å². The highest BCUT2D eigenvalue weighted by molar-refractivity contribution is 5.79. The molecule has 7 heteroatoms. The lowest BCUT2D eigenvalue weighted by molar-refractivity contribution is -0.126. The van der Waals surface area contributed by atoms with Crippen LogP contribution in [0.15, 0.2) is 30.5 Å². The van der Waals surface area contributed by atoms with Crippen LogP contribution in [0.5, 0.6) is 5.75 Å². The van der Waals surface area contributed by atoms with Crippen LogP contribution in [0.1, 0.15) is 49.8 Å². The van der Waals surface area contributed by atoms with Gasteiger partial charge in [-0.1, -0.05) is 12.1 Å². The van der Waals surface area contributed by atoms with E-state index >= 15 is 0 Å². The second kappa shape index (κ2) is 9.78. The molecule has 1 saturated carbocycles. The van der Waals surface area contributed by atoms with E-state index in [1.807, 2.05) is 63.3 Å². The number of hydrogen-bond acceptors (Lipinski definition) is 6. The van der Waals surface area contributed by atoms with E-state index in [9.17, 15) is 4.79 Å². The molecule has 0 bridgehead atoms. The molecule has 1 atom stereocenters. The molecular weight excluding hydrogens is 378 g/mol. The third-order valence-electron chi connectivity index (χ3n) is 5.75. The van der Waals surface area contributed by atoms with Gasteiger partial charge in [0.15, 0.2) is 0 Å². The number of carbonyl (C=O) groups excluding carboxylic acids is 1. The van der Waals surface area contributed by atoms with Crippen molar-refractivity contribution in [3.63, 3.8) is 0 Å². The van der Waals surface area contributed by atoms with Crippen LogP contribution in [0.25, 0.3) is 0 Å². The Balaban J connectivity index is 1.51. The van der Waals surface area contributed by atoms with Crippen molar-refractivity contribution >= 4 is 17.7 Å². The molecule has 3 rings (SSSR count). The average molecular weight is 412 g/mol. The Labute approximate surface area is 179 Å². The summed E-state index contributed by atoms with van der Waals surface area (Å²) in [5, 5.41) is 6.61. The van der Waals surface area contributed by atoms with Gasteiger partial charge in [-0.2, -0.15) is 4.98 Å². The lowest BCUT2D eigenvalue weighted by Gasteiger charge is -2.29. The third kappa shape index (κ3) is 5.40. The number of hydrogen-bond donors (Lipinski definition) is 2. The number of ether oxygens (including phenoxy) is 1. The molecule has 1 aliphatic carbocycles. The van der Waals surface area contributed by atoms with Crippen molar-refractivity contribution in [3.05, 3.63) is 41.6 Å². The zero-order valence-corrected chi connectivity index (χ0v) is 18.6. The molecule has 1 aromatic heterocycles. The second-order valence-corrected chi connectivity index (χ2v) is 8.29. The van der Waals surface area contributed by atoms with Gasteiger partial charge in [0, 0.05) is 37.8 Å². The second-order valence-electron chi connectivity index (χ2n) is 8.29. The molecule has 162 valence electrons. The third-order valence-corrected chi connectivity index (χ3v) is 5.75. The Morgan fingerprint density at radius 2 is 1.97 bits per heavy atom. The Hall–Kier alpha value is -2.83. The summed E-state index contributed by atoms with van der Waals surface area (Å²) in [6.07, 6.45) is 5.44. The minimum Gasteiger partial charge on any atom is -0.497 e. The predicted molar refractivity (Wildman–Crippen MR) is 120 cm³/mol. The van der Waals surface area contributed by atoms with Gasteiger partial charge in [0.25, 0.3) is 0 Å². The Morgan fingerprint density at radius 3 is 2.63 bits per heavy atom. The van der Waals surface area contributed by atoms with Gasteiger partial charge in [0.1, 0.15) is 11.6 Å². The van der Waals surface area contributed by atoms with Gasteiger partial charge in [0.05, 0.1) is 13.2 Å². The quantitative estimate of drug-likeness (QED) is 0.723. The number of aromatic nitrogens is 2. The maximum atomic E-state index is 12.8. The van der Waals surface area contributed by atoms with Gasteiger partial charge in [-0.25, -0.2) is 4.98 Å². The van der Waals surface area contributed by atoms with E-state index in [0.717, 1.165) is 48.4 Å². The number of carbonyl (C=O) groups is 1. The zero-order valence-electron chi connectivity index (χ0n) is 18.6. The van der Waals surface area contributed by atoms with E-state index in [4.69, 9.17) is 4.74 Å². The highest BCUT2D eigenvalue weighted by Crippen LogP contribution is 2.28. The number of rotatable bonds is 7. The first-order chi connectivity index (χ1) is 14.4. The standard InChI is InChI=1S/C23H33N5O2/c1-15-14-24-23(27-21(15)28(3)4)26-19-11-9-17(10-12-19)22(29)25-16(2)18-7-6-8-20(13-18)30-5/h6-8,13-14,16-17,19H,9-12H2,1-5H3,(H,25,29)(H,24,26,27). The first-order valence-corrected chi connectivity index (χ1v) is 10.6. The van der Waals surface area contributed by atoms with Crippen molar-refractivity contribution in [1.29, 1.82) is 0 Å². The molecule has 0 spiro atoms. The van der Waals surface area contributed by atoms with Crippen LogP contribution in [0, 0.1) is 12.8 Å². The van der Waals surface area contributed by atoms with Gasteiger partial charge in [0.2, 0.25) is 11.9 Å². The van der Waals surface area contributed by atoms with E-state index in [2.05, 4.69) is 20.6 Å². The fourth-order valence-corrected chi connectivity index (χ4v) is 3.96. The number of benzene rings is 1. The number of aryl methyl sites for hydroxylation is 1. The van der Waals surface area contributed by atoms with Crippen LogP contribution in [0.3, 0.4) is 0 Å². The van der Waals surface area contributed by atoms with Crippen molar-refractivity contribution < 1.29 is 9.53 Å². The molecule has 7 nitrogen and oxygen atoms in total. The van der Waals surface area contributed by atoms with E-state index < -0.39 is 0 Å². The van der Waals surface area contributed by atoms with Gasteiger partial charge in [-0.05, 0) is 57.2 Å². The summed E-state index contributed by atoms with van der Waals surface area (Å²) in [4.78, 5) is 23.8. The summed E-state index contributed by atoms with van der Waals surface area (Å²) in [6.45, 7) is 4.02. The SMILES string of the molecule is COc1cccc(C(C)NC(=O)C2CCC(Nc3ncc(C)c(N(C)C)n3)CC2)c1. The van der Waals surface area contributed by atoms with Gasteiger partial charge < -0.3 is 20.3 Å². The van der Waals surface area contributed by atoms with Crippen LogP contribution in [-0.4, -0.2) is 43.1 Å². The maximum Gasteiger partial charge on any atom is 0.224 e. The molecule has 1 aromatic carbocycles. The van der Waals surface area contributed by atoms with Crippen molar-refractivity contribution in [1.82, 2.24) is 15.3 Å². The van der Waals surface area contributed by atoms with Gasteiger partial charge in [-0.15, -0.1) is 0 Å². The van der Waals surface area contributed by atoms with Crippen molar-refractivity contribution in [2.75, 3.05) is 31.4 Å². The fourth-order valence-electron chi connectivity index (χ4n) is 3.96. The Kier molecular flexibility index (Phi) is 7.13. The molecule has 0 saturated heterocycles. The summed E-state index contributed by atoms with van der Waals surface area (Å²) in [5.74, 6) is 2.56. The molecule has 0 aliphatic heterocycles. The average Bonchev–Trinajstić information content (AvgIpc) is 2.75. The monoisotopic (exact) mass is 411 g/mol. The first-order valence-electron chi connectivity index (χ1n) is 10.6. The molecule has 1 aliphatic rings. The minimum absolute atomic E-state index is 0.0474. The van der Waals surface area contributed by atoms with E-state index in [1.165, 1.54) is 0 Å². The largest absolute Gasteiger partial charge is 0.497 e. The topological polar surface area (TPSA) is 79.4 Å². The normalized spacial score (nSPS) is 19.6. The van der Waals surface area contributed by atoms with Crippen LogP contribution < -0.4 is 20.3 Å². The molecule has 2 N–H and O–H groups in total. The molecule has 30 heavy (non-hydrogen) atoms. The van der Waals surface area contributed by atoms with Gasteiger partial charge in [-0.3, -0.25) is 4.79 Å². The molecule has 1 fully saturated rings. The number of anilines is 2. The van der Waals surface area contributed by atoms with Crippen molar-refractivity contribution in [2.24, 2.45) is 5.92 Å². The van der Waals surface area contributed by atoms with Crippen molar-refractivity contribution in [3.8, 4) is 5.75 Å². The predicted octanol–water partition coefficient (Wildman–Crippen LogP) is 3.71. The summed E-state index contributed by atoms with van der Waals surface area (Å²) in [6, 6.07) is 8.08. The molecule has 1 heterocycles. The summed E-state index contributed by atoms with van der Waals surface area (Å²) >= 11 is 0. The number of amides is 1. The fraction of sp³-hybridized carbons (Fsp3) is 0.522. The van der Waals surface area contributed by atoms with E-state index in [1.54, 1.807) is 7.11 Å². The summed E-state index contributed by atoms with van der Waals surface area (Å²) in [7, 11) is 5.61. The van der Waals surface area contributed by atoms with Gasteiger partial charge >= 0.3 is 0 Å². The molecule has 0 radical (unpaired) electrons. The lowest BCUT2D eigenvalue weighted by atomic mass is 9.85. The first kappa shape index (κ1) is 21.9. The molecule has 1 amide bonds. The number of nitrogens with zero attached hydrogens (tertiary/aromatic N) is 3. The zero-order chi connectivity index (χ0) is 21.7. The number of methoxy groups -OCH3 is 1. The molecule has 1 unspecified atom stereocenters. The highest BCUT2D eigenvalue weighted by atomic mass is 16.5. The Bertz CT molecular complexity index is 862. The van der Waals surface area contributed by atoms with E-state index in [-0.39, 0.29) is 17.9 Å². The van der Waals surface area contributed by atoms with Crippen LogP contribution in [0.4, 0.5) is 11.8 Å². The van der Waals surface area contributed by atoms with Crippen LogP contribution in [0.2, 0.25) is 0 Å². The maximum absolute atomic E-state index is 12.8. The lowest BCUT2D eigenvalue weighted by Crippen LogP contribution is -2.37. The van der Waals surface area contributed by atoms with Crippen molar-refractivity contribution in [2.45, 2.75) is 51.6 Å². The van der Waals surface area contributed by atoms with Crippen LogP contribution >= 0.6 is 0 Å². The highest BCUT2D eigenvalue weighted by Gasteiger charge is 2.27. The summed E-state index contributed by atoms with van der Waals surface area (Å²) < 4.78 is 5.28. The minimum atomic E-state index is -0.0474.